The molecule has 0 saturated carbocycles. The number of fused-ring (bicyclic) bond motifs is 1. The summed E-state index contributed by atoms with van der Waals surface area (Å²) in [5.74, 6) is 1.42. The normalized spacial score (nSPS) is 11.1. The minimum Gasteiger partial charge on any atom is -0.453 e. The highest BCUT2D eigenvalue weighted by atomic mass is 35.5. The second kappa shape index (κ2) is 3.28. The van der Waals surface area contributed by atoms with Crippen LogP contribution in [0.3, 0.4) is 0 Å². The number of aromatic nitrogens is 1. The third kappa shape index (κ3) is 1.44. The average Bonchev–Trinajstić information content (AvgIpc) is 2.83. The van der Waals surface area contributed by atoms with Crippen LogP contribution in [0, 0.1) is 0 Å². The van der Waals surface area contributed by atoms with Crippen molar-refractivity contribution in [3.8, 4) is 11.5 Å². The van der Waals surface area contributed by atoms with Crippen LogP contribution in [0.2, 0.25) is 5.02 Å². The molecule has 0 spiro atoms. The predicted octanol–water partition coefficient (Wildman–Crippen LogP) is 3.32. The second-order valence-electron chi connectivity index (χ2n) is 3.41. The van der Waals surface area contributed by atoms with E-state index >= 15 is 0 Å². The first-order valence-corrected chi connectivity index (χ1v) is 5.02. The SMILES string of the molecule is Nc1cc(-c2cc3ccc(Cl)cc3o2)on1. The van der Waals surface area contributed by atoms with Gasteiger partial charge in [0.2, 0.25) is 5.76 Å². The Morgan fingerprint density at radius 2 is 2.00 bits per heavy atom. The van der Waals surface area contributed by atoms with E-state index in [1.165, 1.54) is 0 Å². The van der Waals surface area contributed by atoms with Crippen LogP contribution in [0.1, 0.15) is 0 Å². The van der Waals surface area contributed by atoms with Gasteiger partial charge in [-0.1, -0.05) is 16.8 Å². The fraction of sp³-hybridized carbons (Fsp3) is 0. The number of halogens is 1. The largest absolute Gasteiger partial charge is 0.453 e. The molecule has 2 heterocycles. The number of nitrogens with two attached hydrogens (primary N) is 1. The Morgan fingerprint density at radius 1 is 1.12 bits per heavy atom. The average molecular weight is 235 g/mol. The lowest BCUT2D eigenvalue weighted by molar-refractivity contribution is 0.424. The lowest BCUT2D eigenvalue weighted by atomic mass is 10.2. The molecule has 0 amide bonds. The van der Waals surface area contributed by atoms with E-state index in [2.05, 4.69) is 5.16 Å². The number of hydrogen-bond donors (Lipinski definition) is 1. The van der Waals surface area contributed by atoms with E-state index < -0.39 is 0 Å². The molecule has 0 fully saturated rings. The summed E-state index contributed by atoms with van der Waals surface area (Å²) in [6, 6.07) is 8.90. The van der Waals surface area contributed by atoms with Gasteiger partial charge < -0.3 is 14.7 Å². The van der Waals surface area contributed by atoms with Gasteiger partial charge in [0.05, 0.1) is 0 Å². The zero-order valence-electron chi connectivity index (χ0n) is 8.11. The van der Waals surface area contributed by atoms with Crippen molar-refractivity contribution in [1.29, 1.82) is 0 Å². The number of anilines is 1. The van der Waals surface area contributed by atoms with Gasteiger partial charge in [0.25, 0.3) is 0 Å². The minimum atomic E-state index is 0.327. The molecule has 3 aromatic rings. The number of furan rings is 1. The second-order valence-corrected chi connectivity index (χ2v) is 3.85. The van der Waals surface area contributed by atoms with E-state index in [-0.39, 0.29) is 0 Å². The van der Waals surface area contributed by atoms with Gasteiger partial charge >= 0.3 is 0 Å². The molecule has 3 rings (SSSR count). The Labute approximate surface area is 95.6 Å². The van der Waals surface area contributed by atoms with Crippen molar-refractivity contribution in [3.63, 3.8) is 0 Å². The van der Waals surface area contributed by atoms with Crippen LogP contribution in [0.4, 0.5) is 5.82 Å². The molecule has 5 heteroatoms. The molecule has 80 valence electrons. The van der Waals surface area contributed by atoms with Gasteiger partial charge in [-0.2, -0.15) is 0 Å². The lowest BCUT2D eigenvalue weighted by Crippen LogP contribution is -1.79. The quantitative estimate of drug-likeness (QED) is 0.701. The van der Waals surface area contributed by atoms with Crippen molar-refractivity contribution < 1.29 is 8.94 Å². The summed E-state index contributed by atoms with van der Waals surface area (Å²) < 4.78 is 10.6. The van der Waals surface area contributed by atoms with Crippen molar-refractivity contribution in [1.82, 2.24) is 5.16 Å². The molecular weight excluding hydrogens is 228 g/mol. The Bertz CT molecular complexity index is 657. The first-order valence-electron chi connectivity index (χ1n) is 4.64. The molecule has 0 unspecified atom stereocenters. The third-order valence-electron chi connectivity index (χ3n) is 2.25. The maximum atomic E-state index is 5.86. The van der Waals surface area contributed by atoms with E-state index in [4.69, 9.17) is 26.3 Å². The Balaban J connectivity index is 2.18. The molecule has 0 radical (unpaired) electrons. The summed E-state index contributed by atoms with van der Waals surface area (Å²) in [5, 5.41) is 5.18. The maximum absolute atomic E-state index is 5.86. The number of nitrogen functional groups attached to an aromatic ring is 1. The van der Waals surface area contributed by atoms with Crippen LogP contribution >= 0.6 is 11.6 Å². The van der Waals surface area contributed by atoms with Gasteiger partial charge in [-0.05, 0) is 18.2 Å². The summed E-state index contributed by atoms with van der Waals surface area (Å²) in [6.07, 6.45) is 0. The van der Waals surface area contributed by atoms with E-state index in [1.54, 1.807) is 18.2 Å². The Hall–Kier alpha value is -1.94. The van der Waals surface area contributed by atoms with Gasteiger partial charge in [-0.3, -0.25) is 0 Å². The lowest BCUT2D eigenvalue weighted by Gasteiger charge is -1.88. The van der Waals surface area contributed by atoms with Gasteiger partial charge in [0.1, 0.15) is 5.58 Å². The molecule has 1 aromatic carbocycles. The molecular formula is C11H7ClN2O2. The monoisotopic (exact) mass is 234 g/mol. The van der Waals surface area contributed by atoms with E-state index in [0.717, 1.165) is 5.39 Å². The van der Waals surface area contributed by atoms with Crippen molar-refractivity contribution in [2.75, 3.05) is 5.73 Å². The number of rotatable bonds is 1. The van der Waals surface area contributed by atoms with Crippen molar-refractivity contribution in [2.24, 2.45) is 0 Å². The molecule has 0 aliphatic rings. The Kier molecular flexibility index (Phi) is 1.91. The summed E-state index contributed by atoms with van der Waals surface area (Å²) in [7, 11) is 0. The van der Waals surface area contributed by atoms with Crippen molar-refractivity contribution >= 4 is 28.4 Å². The highest BCUT2D eigenvalue weighted by Crippen LogP contribution is 2.30. The van der Waals surface area contributed by atoms with Crippen LogP contribution in [-0.4, -0.2) is 5.16 Å². The van der Waals surface area contributed by atoms with E-state index in [9.17, 15) is 0 Å². The van der Waals surface area contributed by atoms with E-state index in [1.807, 2.05) is 12.1 Å². The van der Waals surface area contributed by atoms with Gasteiger partial charge in [-0.15, -0.1) is 0 Å². The molecule has 4 nitrogen and oxygen atoms in total. The highest BCUT2D eigenvalue weighted by Gasteiger charge is 2.10. The molecule has 0 aliphatic heterocycles. The molecule has 0 atom stereocenters. The highest BCUT2D eigenvalue weighted by molar-refractivity contribution is 6.31. The summed E-state index contributed by atoms with van der Waals surface area (Å²) >= 11 is 5.86. The van der Waals surface area contributed by atoms with E-state index in [0.29, 0.717) is 27.9 Å². The molecule has 2 N–H and O–H groups in total. The van der Waals surface area contributed by atoms with Crippen LogP contribution < -0.4 is 5.73 Å². The van der Waals surface area contributed by atoms with Gasteiger partial charge in [-0.25, -0.2) is 0 Å². The Morgan fingerprint density at radius 3 is 2.75 bits per heavy atom. The standard InChI is InChI=1S/C11H7ClN2O2/c12-7-2-1-6-3-9(15-8(6)4-7)10-5-11(13)14-16-10/h1-5H,(H2,13,14). The van der Waals surface area contributed by atoms with Crippen LogP contribution in [0.5, 0.6) is 0 Å². The smallest absolute Gasteiger partial charge is 0.204 e. The summed E-state index contributed by atoms with van der Waals surface area (Å²) in [6.45, 7) is 0. The number of hydrogen-bond acceptors (Lipinski definition) is 4. The molecule has 2 aromatic heterocycles. The summed E-state index contributed by atoms with van der Waals surface area (Å²) in [5.41, 5.74) is 6.17. The van der Waals surface area contributed by atoms with Gasteiger partial charge in [0, 0.05) is 22.5 Å². The minimum absolute atomic E-state index is 0.327. The summed E-state index contributed by atoms with van der Waals surface area (Å²) in [4.78, 5) is 0. The van der Waals surface area contributed by atoms with Crippen LogP contribution in [-0.2, 0) is 0 Å². The van der Waals surface area contributed by atoms with Crippen LogP contribution in [0.15, 0.2) is 39.3 Å². The molecule has 0 aliphatic carbocycles. The molecule has 0 saturated heterocycles. The van der Waals surface area contributed by atoms with Crippen molar-refractivity contribution in [2.45, 2.75) is 0 Å². The number of nitrogens with zero attached hydrogens (tertiary/aromatic N) is 1. The zero-order valence-corrected chi connectivity index (χ0v) is 8.86. The molecule has 0 bridgehead atoms. The predicted molar refractivity (Wildman–Crippen MR) is 61.1 cm³/mol. The third-order valence-corrected chi connectivity index (χ3v) is 2.49. The topological polar surface area (TPSA) is 65.2 Å². The van der Waals surface area contributed by atoms with Gasteiger partial charge in [0.15, 0.2) is 11.6 Å². The van der Waals surface area contributed by atoms with Crippen molar-refractivity contribution in [3.05, 3.63) is 35.4 Å². The van der Waals surface area contributed by atoms with Crippen LogP contribution in [0.25, 0.3) is 22.5 Å². The molecule has 16 heavy (non-hydrogen) atoms. The first kappa shape index (κ1) is 9.30. The maximum Gasteiger partial charge on any atom is 0.204 e. The number of benzene rings is 1. The zero-order chi connectivity index (χ0) is 11.1. The fourth-order valence-electron chi connectivity index (χ4n) is 1.53. The first-order chi connectivity index (χ1) is 7.72. The fourth-order valence-corrected chi connectivity index (χ4v) is 1.69.